The number of aliphatic hydroxyl groups excluding tert-OH is 1. The Hall–Kier alpha value is -3.47. The van der Waals surface area contributed by atoms with Crippen LogP contribution in [0.5, 0.6) is 5.75 Å². The first-order valence-corrected chi connectivity index (χ1v) is 7.14. The number of nitrogens with one attached hydrogen (secondary N) is 2. The number of hydrogen-bond donors (Lipinski definition) is 5. The van der Waals surface area contributed by atoms with Gasteiger partial charge in [-0.3, -0.25) is 0 Å². The van der Waals surface area contributed by atoms with E-state index < -0.39 is 12.1 Å². The van der Waals surface area contributed by atoms with Crippen molar-refractivity contribution < 1.29 is 14.6 Å². The lowest BCUT2D eigenvalue weighted by molar-refractivity contribution is -0.130. The van der Waals surface area contributed by atoms with Crippen molar-refractivity contribution >= 4 is 18.6 Å². The lowest BCUT2D eigenvalue weighted by Gasteiger charge is -2.11. The minimum atomic E-state index is -0.468. The van der Waals surface area contributed by atoms with Gasteiger partial charge in [-0.05, 0) is 25.5 Å². The lowest BCUT2D eigenvalue weighted by atomic mass is 10.1. The van der Waals surface area contributed by atoms with Crippen LogP contribution in [0, 0.1) is 11.1 Å². The molecule has 0 radical (unpaired) electrons. The predicted molar refractivity (Wildman–Crippen MR) is 97.9 cm³/mol. The average Bonchev–Trinajstić information content (AvgIpc) is 2.58. The molecule has 0 aliphatic carbocycles. The summed E-state index contributed by atoms with van der Waals surface area (Å²) >= 11 is 0. The van der Waals surface area contributed by atoms with E-state index in [4.69, 9.17) is 15.8 Å². The minimum absolute atomic E-state index is 0.354. The van der Waals surface area contributed by atoms with Crippen LogP contribution in [0.1, 0.15) is 19.4 Å². The number of para-hydroxylation sites is 1. The molecule has 0 saturated heterocycles. The number of carbonyl (C=O) groups excluding carboxylic acids is 1. The Morgan fingerprint density at radius 3 is 2.12 bits per heavy atom. The fourth-order valence-corrected chi connectivity index (χ4v) is 1.34. The minimum Gasteiger partial charge on any atom is -0.423 e. The summed E-state index contributed by atoms with van der Waals surface area (Å²) in [5.74, 6) is 9.03. The van der Waals surface area contributed by atoms with E-state index in [9.17, 15) is 9.90 Å². The van der Waals surface area contributed by atoms with Gasteiger partial charge in [-0.2, -0.15) is 10.2 Å². The van der Waals surface area contributed by atoms with Gasteiger partial charge in [0.05, 0.1) is 6.10 Å². The number of rotatable bonds is 6. The average molecular weight is 364 g/mol. The number of ether oxygens (including phenoxy) is 1. The smallest absolute Gasteiger partial charge is 0.338 e. The van der Waals surface area contributed by atoms with Gasteiger partial charge in [0, 0.05) is 12.0 Å². The van der Waals surface area contributed by atoms with Crippen molar-refractivity contribution in [3.63, 3.8) is 0 Å². The molecule has 0 spiro atoms. The van der Waals surface area contributed by atoms with Gasteiger partial charge in [0.2, 0.25) is 0 Å². The van der Waals surface area contributed by atoms with Crippen LogP contribution in [0.3, 0.4) is 0 Å². The third kappa shape index (κ3) is 14.1. The van der Waals surface area contributed by atoms with Crippen LogP contribution < -0.4 is 16.4 Å². The van der Waals surface area contributed by atoms with E-state index in [1.165, 1.54) is 0 Å². The molecule has 142 valence electrons. The highest BCUT2D eigenvalue weighted by Gasteiger charge is 2.10. The fourth-order valence-electron chi connectivity index (χ4n) is 1.34. The summed E-state index contributed by atoms with van der Waals surface area (Å²) in [6.45, 7) is 6.81. The van der Waals surface area contributed by atoms with Crippen LogP contribution in [0.15, 0.2) is 56.8 Å². The molecule has 1 atom stereocenters. The SMILES string of the molecule is C=C(C)C(=O)Oc1ccccc1CC(C)O.N=NC=NN.N=NC=NN. The zero-order valence-electron chi connectivity index (χ0n) is 14.7. The van der Waals surface area contributed by atoms with Crippen LogP contribution in [-0.4, -0.2) is 29.9 Å². The second kappa shape index (κ2) is 16.4. The summed E-state index contributed by atoms with van der Waals surface area (Å²) in [5, 5.41) is 20.4. The van der Waals surface area contributed by atoms with Crippen molar-refractivity contribution in [2.75, 3.05) is 0 Å². The van der Waals surface area contributed by atoms with Crippen molar-refractivity contribution in [3.05, 3.63) is 42.0 Å². The molecule has 0 amide bonds. The molecule has 0 heterocycles. The van der Waals surface area contributed by atoms with Crippen LogP contribution in [-0.2, 0) is 11.2 Å². The summed E-state index contributed by atoms with van der Waals surface area (Å²) in [5.41, 5.74) is 13.2. The second-order valence-corrected chi connectivity index (χ2v) is 4.62. The summed E-state index contributed by atoms with van der Waals surface area (Å²) in [7, 11) is 0. The molecule has 26 heavy (non-hydrogen) atoms. The van der Waals surface area contributed by atoms with Crippen LogP contribution in [0.25, 0.3) is 0 Å². The molecule has 0 bridgehead atoms. The number of nitrogens with two attached hydrogens (primary N) is 2. The van der Waals surface area contributed by atoms with E-state index in [0.29, 0.717) is 17.7 Å². The van der Waals surface area contributed by atoms with E-state index in [1.807, 2.05) is 12.1 Å². The molecule has 11 heteroatoms. The topological polar surface area (TPSA) is 196 Å². The van der Waals surface area contributed by atoms with E-state index in [-0.39, 0.29) is 0 Å². The number of hydrazone groups is 2. The maximum Gasteiger partial charge on any atom is 0.338 e. The Kier molecular flexibility index (Phi) is 15.6. The predicted octanol–water partition coefficient (Wildman–Crippen LogP) is 1.93. The Morgan fingerprint density at radius 1 is 1.27 bits per heavy atom. The summed E-state index contributed by atoms with van der Waals surface area (Å²) in [6.07, 6.45) is 1.88. The van der Waals surface area contributed by atoms with E-state index in [0.717, 1.165) is 18.2 Å². The zero-order valence-corrected chi connectivity index (χ0v) is 14.7. The molecule has 0 aromatic heterocycles. The van der Waals surface area contributed by atoms with Crippen LogP contribution >= 0.6 is 0 Å². The van der Waals surface area contributed by atoms with Gasteiger partial charge >= 0.3 is 5.97 Å². The lowest BCUT2D eigenvalue weighted by Crippen LogP contribution is -2.12. The van der Waals surface area contributed by atoms with Gasteiger partial charge in [0.25, 0.3) is 0 Å². The molecule has 1 aromatic carbocycles. The van der Waals surface area contributed by atoms with Gasteiger partial charge in [0.15, 0.2) is 12.7 Å². The van der Waals surface area contributed by atoms with Gasteiger partial charge in [0.1, 0.15) is 5.75 Å². The molecular weight excluding hydrogens is 340 g/mol. The number of esters is 1. The number of hydrogen-bond acceptors (Lipinski definition) is 9. The maximum absolute atomic E-state index is 11.4. The first kappa shape index (κ1) is 24.8. The number of carbonyl (C=O) groups is 1. The van der Waals surface area contributed by atoms with Crippen molar-refractivity contribution in [1.82, 2.24) is 0 Å². The first-order valence-electron chi connectivity index (χ1n) is 7.14. The highest BCUT2D eigenvalue weighted by Crippen LogP contribution is 2.20. The number of nitrogens with zero attached hydrogens (tertiary/aromatic N) is 4. The Morgan fingerprint density at radius 2 is 1.77 bits per heavy atom. The molecule has 0 aliphatic heterocycles. The van der Waals surface area contributed by atoms with Crippen LogP contribution in [0.2, 0.25) is 0 Å². The van der Waals surface area contributed by atoms with E-state index >= 15 is 0 Å². The van der Waals surface area contributed by atoms with E-state index in [1.54, 1.807) is 26.0 Å². The Balaban J connectivity index is 0. The van der Waals surface area contributed by atoms with Crippen molar-refractivity contribution in [1.29, 1.82) is 11.1 Å². The molecular formula is C15H24N8O3. The monoisotopic (exact) mass is 364 g/mol. The number of aliphatic hydroxyl groups is 1. The molecule has 0 aliphatic rings. The third-order valence-corrected chi connectivity index (χ3v) is 2.29. The highest BCUT2D eigenvalue weighted by atomic mass is 16.5. The van der Waals surface area contributed by atoms with Gasteiger partial charge in [-0.25, -0.2) is 15.9 Å². The van der Waals surface area contributed by atoms with Crippen molar-refractivity contribution in [3.8, 4) is 5.75 Å². The standard InChI is InChI=1S/C13H16O3.2CH4N4/c1-9(2)13(15)16-12-7-5-4-6-11(12)8-10(3)14;2*2-4-1-5-3/h4-7,10,14H,1,8H2,2-3H3;2*1-2H,3H2. The number of benzene rings is 1. The van der Waals surface area contributed by atoms with Crippen molar-refractivity contribution in [2.24, 2.45) is 32.1 Å². The zero-order chi connectivity index (χ0) is 20.4. The Labute approximate surface area is 151 Å². The molecule has 0 fully saturated rings. The molecule has 1 unspecified atom stereocenters. The first-order chi connectivity index (χ1) is 12.3. The van der Waals surface area contributed by atoms with Crippen molar-refractivity contribution in [2.45, 2.75) is 26.4 Å². The maximum atomic E-state index is 11.4. The quantitative estimate of drug-likeness (QED) is 0.0749. The molecule has 7 N–H and O–H groups in total. The van der Waals surface area contributed by atoms with Gasteiger partial charge < -0.3 is 21.5 Å². The summed E-state index contributed by atoms with van der Waals surface area (Å²) in [4.78, 5) is 11.4. The molecule has 0 saturated carbocycles. The summed E-state index contributed by atoms with van der Waals surface area (Å²) < 4.78 is 5.16. The van der Waals surface area contributed by atoms with Crippen LogP contribution in [0.4, 0.5) is 0 Å². The van der Waals surface area contributed by atoms with Gasteiger partial charge in [-0.1, -0.05) is 24.8 Å². The highest BCUT2D eigenvalue weighted by molar-refractivity contribution is 5.88. The van der Waals surface area contributed by atoms with Gasteiger partial charge in [-0.15, -0.1) is 10.2 Å². The normalized spacial score (nSPS) is 10.7. The second-order valence-electron chi connectivity index (χ2n) is 4.62. The largest absolute Gasteiger partial charge is 0.423 e. The molecule has 11 nitrogen and oxygen atoms in total. The molecule has 1 aromatic rings. The summed E-state index contributed by atoms with van der Waals surface area (Å²) in [6, 6.07) is 7.16. The molecule has 1 rings (SSSR count). The Bertz CT molecular complexity index is 613. The third-order valence-electron chi connectivity index (χ3n) is 2.29. The fraction of sp³-hybridized carbons (Fsp3) is 0.267. The van der Waals surface area contributed by atoms with E-state index in [2.05, 4.69) is 38.7 Å².